The molecule has 0 spiro atoms. The monoisotopic (exact) mass is 194 g/mol. The van der Waals surface area contributed by atoms with E-state index in [-0.39, 0.29) is 0 Å². The molecule has 0 unspecified atom stereocenters. The van der Waals surface area contributed by atoms with E-state index >= 15 is 0 Å². The molecular formula is C9H10N2O3. The van der Waals surface area contributed by atoms with Gasteiger partial charge in [-0.3, -0.25) is 5.21 Å². The van der Waals surface area contributed by atoms with Gasteiger partial charge in [0.05, 0.1) is 18.9 Å². The summed E-state index contributed by atoms with van der Waals surface area (Å²) in [5.74, 6) is -0.405. The molecule has 5 heteroatoms. The molecule has 0 bridgehead atoms. The van der Waals surface area contributed by atoms with Crippen molar-refractivity contribution in [3.63, 3.8) is 0 Å². The Hall–Kier alpha value is -1.88. The van der Waals surface area contributed by atoms with Gasteiger partial charge in [-0.05, 0) is 17.7 Å². The fraction of sp³-hybridized carbons (Fsp3) is 0.111. The summed E-state index contributed by atoms with van der Waals surface area (Å²) in [4.78, 5) is 11.1. The summed E-state index contributed by atoms with van der Waals surface area (Å²) in [6.45, 7) is 0. The van der Waals surface area contributed by atoms with Crippen molar-refractivity contribution in [3.8, 4) is 0 Å². The minimum absolute atomic E-state index is 0.405. The number of benzene rings is 1. The smallest absolute Gasteiger partial charge is 0.337 e. The molecule has 0 saturated carbocycles. The molecule has 0 atom stereocenters. The van der Waals surface area contributed by atoms with Gasteiger partial charge in [0.2, 0.25) is 0 Å². The second-order valence-electron chi connectivity index (χ2n) is 2.48. The summed E-state index contributed by atoms with van der Waals surface area (Å²) in [5, 5.41) is 11.6. The predicted octanol–water partition coefficient (Wildman–Crippen LogP) is 0.786. The molecule has 14 heavy (non-hydrogen) atoms. The Morgan fingerprint density at radius 2 is 2.43 bits per heavy atom. The third-order valence-corrected chi connectivity index (χ3v) is 1.58. The fourth-order valence-corrected chi connectivity index (χ4v) is 0.967. The van der Waals surface area contributed by atoms with Crippen molar-refractivity contribution in [1.82, 2.24) is 5.59 Å². The molecule has 1 aromatic rings. The van der Waals surface area contributed by atoms with Gasteiger partial charge in [0.1, 0.15) is 0 Å². The second kappa shape index (κ2) is 4.98. The van der Waals surface area contributed by atoms with E-state index in [9.17, 15) is 4.79 Å². The predicted molar refractivity (Wildman–Crippen MR) is 50.3 cm³/mol. The van der Waals surface area contributed by atoms with Crippen LogP contribution in [-0.4, -0.2) is 24.5 Å². The van der Waals surface area contributed by atoms with Crippen LogP contribution in [0.4, 0.5) is 0 Å². The number of rotatable bonds is 3. The van der Waals surface area contributed by atoms with Crippen molar-refractivity contribution in [2.75, 3.05) is 7.11 Å². The molecule has 5 nitrogen and oxygen atoms in total. The topological polar surface area (TPSA) is 70.9 Å². The maximum Gasteiger partial charge on any atom is 0.337 e. The first-order valence-electron chi connectivity index (χ1n) is 3.88. The minimum Gasteiger partial charge on any atom is -0.465 e. The lowest BCUT2D eigenvalue weighted by Gasteiger charge is -1.99. The van der Waals surface area contributed by atoms with E-state index in [1.807, 2.05) is 0 Å². The Bertz CT molecular complexity index is 350. The number of esters is 1. The van der Waals surface area contributed by atoms with Crippen LogP contribution in [0.15, 0.2) is 29.4 Å². The van der Waals surface area contributed by atoms with Crippen LogP contribution in [0.2, 0.25) is 0 Å². The summed E-state index contributed by atoms with van der Waals surface area (Å²) in [7, 11) is 1.32. The maximum atomic E-state index is 11.1. The molecule has 0 saturated heterocycles. The average molecular weight is 194 g/mol. The van der Waals surface area contributed by atoms with Crippen LogP contribution < -0.4 is 5.59 Å². The van der Waals surface area contributed by atoms with Crippen molar-refractivity contribution in [2.45, 2.75) is 0 Å². The zero-order valence-corrected chi connectivity index (χ0v) is 7.60. The summed E-state index contributed by atoms with van der Waals surface area (Å²) >= 11 is 0. The number of nitrogens with one attached hydrogen (secondary N) is 1. The number of carbonyl (C=O) groups excluding carboxylic acids is 1. The molecule has 1 rings (SSSR count). The molecule has 0 heterocycles. The Kier molecular flexibility index (Phi) is 3.63. The number of hydrogen-bond acceptors (Lipinski definition) is 5. The first-order chi connectivity index (χ1) is 6.77. The van der Waals surface area contributed by atoms with E-state index in [1.54, 1.807) is 29.9 Å². The molecule has 0 radical (unpaired) electrons. The molecule has 0 aliphatic heterocycles. The Morgan fingerprint density at radius 1 is 1.64 bits per heavy atom. The average Bonchev–Trinajstić information content (AvgIpc) is 2.25. The minimum atomic E-state index is -0.405. The van der Waals surface area contributed by atoms with Crippen molar-refractivity contribution in [3.05, 3.63) is 35.4 Å². The van der Waals surface area contributed by atoms with E-state index in [4.69, 9.17) is 5.21 Å². The Morgan fingerprint density at radius 3 is 3.07 bits per heavy atom. The number of hydrogen-bond donors (Lipinski definition) is 2. The largest absolute Gasteiger partial charge is 0.465 e. The quantitative estimate of drug-likeness (QED) is 0.424. The number of ether oxygens (including phenoxy) is 1. The first-order valence-corrected chi connectivity index (χ1v) is 3.88. The highest BCUT2D eigenvalue weighted by Crippen LogP contribution is 2.04. The lowest BCUT2D eigenvalue weighted by atomic mass is 10.1. The summed E-state index contributed by atoms with van der Waals surface area (Å²) in [6, 6.07) is 6.68. The zero-order chi connectivity index (χ0) is 10.4. The number of methoxy groups -OCH3 is 1. The lowest BCUT2D eigenvalue weighted by Crippen LogP contribution is -2.02. The van der Waals surface area contributed by atoms with Crippen molar-refractivity contribution in [1.29, 1.82) is 0 Å². The molecule has 2 N–H and O–H groups in total. The van der Waals surface area contributed by atoms with Gasteiger partial charge in [0.15, 0.2) is 0 Å². The van der Waals surface area contributed by atoms with E-state index in [0.717, 1.165) is 0 Å². The number of carbonyl (C=O) groups is 1. The van der Waals surface area contributed by atoms with Crippen LogP contribution in [-0.2, 0) is 4.74 Å². The molecule has 0 aromatic heterocycles. The van der Waals surface area contributed by atoms with Gasteiger partial charge in [0.25, 0.3) is 0 Å². The third kappa shape index (κ3) is 2.56. The van der Waals surface area contributed by atoms with Gasteiger partial charge in [0, 0.05) is 0 Å². The van der Waals surface area contributed by atoms with Gasteiger partial charge >= 0.3 is 5.97 Å². The van der Waals surface area contributed by atoms with Crippen molar-refractivity contribution < 1.29 is 14.7 Å². The van der Waals surface area contributed by atoms with Crippen molar-refractivity contribution >= 4 is 12.2 Å². The molecule has 74 valence electrons. The molecule has 0 fully saturated rings. The highest BCUT2D eigenvalue weighted by atomic mass is 16.5. The van der Waals surface area contributed by atoms with Crippen LogP contribution in [0.1, 0.15) is 15.9 Å². The fourth-order valence-electron chi connectivity index (χ4n) is 0.967. The summed E-state index contributed by atoms with van der Waals surface area (Å²) in [6.07, 6.45) is 1.38. The number of nitrogens with zero attached hydrogens (tertiary/aromatic N) is 1. The van der Waals surface area contributed by atoms with Gasteiger partial charge in [-0.15, -0.1) is 0 Å². The molecule has 1 aromatic carbocycles. The Balaban J connectivity index is 2.89. The maximum absolute atomic E-state index is 11.1. The highest BCUT2D eigenvalue weighted by Gasteiger charge is 2.03. The van der Waals surface area contributed by atoms with E-state index in [2.05, 4.69) is 9.84 Å². The lowest BCUT2D eigenvalue weighted by molar-refractivity contribution is 0.0600. The SMILES string of the molecule is COC(=O)c1cccc(/C=N/NO)c1. The summed E-state index contributed by atoms with van der Waals surface area (Å²) in [5.41, 5.74) is 2.76. The third-order valence-electron chi connectivity index (χ3n) is 1.58. The van der Waals surface area contributed by atoms with Gasteiger partial charge in [-0.1, -0.05) is 12.1 Å². The van der Waals surface area contributed by atoms with Gasteiger partial charge in [-0.25, -0.2) is 4.79 Å². The van der Waals surface area contributed by atoms with Gasteiger partial charge < -0.3 is 4.74 Å². The van der Waals surface area contributed by atoms with Crippen LogP contribution >= 0.6 is 0 Å². The number of hydrazone groups is 1. The van der Waals surface area contributed by atoms with E-state index in [0.29, 0.717) is 11.1 Å². The van der Waals surface area contributed by atoms with E-state index < -0.39 is 5.97 Å². The van der Waals surface area contributed by atoms with Crippen LogP contribution in [0.3, 0.4) is 0 Å². The van der Waals surface area contributed by atoms with Gasteiger partial charge in [-0.2, -0.15) is 10.7 Å². The van der Waals surface area contributed by atoms with E-state index in [1.165, 1.54) is 13.3 Å². The molecular weight excluding hydrogens is 184 g/mol. The molecule has 0 aliphatic carbocycles. The van der Waals surface area contributed by atoms with Crippen molar-refractivity contribution in [2.24, 2.45) is 5.10 Å². The van der Waals surface area contributed by atoms with Crippen LogP contribution in [0.5, 0.6) is 0 Å². The second-order valence-corrected chi connectivity index (χ2v) is 2.48. The zero-order valence-electron chi connectivity index (χ0n) is 7.60. The summed E-state index contributed by atoms with van der Waals surface area (Å²) < 4.78 is 4.55. The normalized spacial score (nSPS) is 10.1. The Labute approximate surface area is 81.0 Å². The van der Waals surface area contributed by atoms with Crippen LogP contribution in [0.25, 0.3) is 0 Å². The standard InChI is InChI=1S/C9H10N2O3/c1-14-9(12)8-4-2-3-7(5-8)6-10-11-13/h2-6,11,13H,1H3/b10-6+. The highest BCUT2D eigenvalue weighted by molar-refractivity contribution is 5.92. The molecule has 0 aliphatic rings. The molecule has 0 amide bonds. The van der Waals surface area contributed by atoms with Crippen LogP contribution in [0, 0.1) is 0 Å². The first kappa shape index (κ1) is 10.2.